The molecule has 3 aromatic carbocycles. The van der Waals surface area contributed by atoms with Crippen molar-refractivity contribution in [1.82, 2.24) is 0 Å². The van der Waals surface area contributed by atoms with E-state index in [1.54, 1.807) is 0 Å². The topological polar surface area (TPSA) is 21.3 Å². The first-order chi connectivity index (χ1) is 10.7. The monoisotopic (exact) mass is 291 g/mol. The lowest BCUT2D eigenvalue weighted by Crippen LogP contribution is -2.22. The molecule has 0 fully saturated rings. The predicted molar refractivity (Wildman–Crippen MR) is 93.7 cm³/mol. The SMILES string of the molecule is Cc1ccc(OC(C)CNc2cccc3ccccc23)cc1. The van der Waals surface area contributed by atoms with Crippen molar-refractivity contribution in [1.29, 1.82) is 0 Å². The molecule has 1 unspecified atom stereocenters. The van der Waals surface area contributed by atoms with Gasteiger partial charge in [0, 0.05) is 11.1 Å². The summed E-state index contributed by atoms with van der Waals surface area (Å²) in [4.78, 5) is 0. The van der Waals surface area contributed by atoms with E-state index in [1.807, 2.05) is 12.1 Å². The first-order valence-electron chi connectivity index (χ1n) is 7.67. The van der Waals surface area contributed by atoms with E-state index >= 15 is 0 Å². The molecule has 0 aliphatic carbocycles. The normalized spacial score (nSPS) is 12.1. The second-order valence-electron chi connectivity index (χ2n) is 5.65. The average Bonchev–Trinajstić information content (AvgIpc) is 2.55. The Labute approximate surface area is 131 Å². The van der Waals surface area contributed by atoms with Gasteiger partial charge in [-0.05, 0) is 37.4 Å². The van der Waals surface area contributed by atoms with E-state index < -0.39 is 0 Å². The fourth-order valence-corrected chi connectivity index (χ4v) is 2.52. The summed E-state index contributed by atoms with van der Waals surface area (Å²) >= 11 is 0. The number of rotatable bonds is 5. The molecule has 0 amide bonds. The lowest BCUT2D eigenvalue weighted by Gasteiger charge is -2.17. The molecule has 3 rings (SSSR count). The number of hydrogen-bond acceptors (Lipinski definition) is 2. The van der Waals surface area contributed by atoms with Crippen LogP contribution >= 0.6 is 0 Å². The molecule has 0 aliphatic heterocycles. The van der Waals surface area contributed by atoms with Gasteiger partial charge in [0.15, 0.2) is 0 Å². The Morgan fingerprint density at radius 3 is 2.45 bits per heavy atom. The van der Waals surface area contributed by atoms with Gasteiger partial charge in [-0.1, -0.05) is 54.1 Å². The fourth-order valence-electron chi connectivity index (χ4n) is 2.52. The third-order valence-corrected chi connectivity index (χ3v) is 3.73. The smallest absolute Gasteiger partial charge is 0.119 e. The standard InChI is InChI=1S/C20H21NO/c1-15-10-12-18(13-11-15)22-16(2)14-21-20-9-5-7-17-6-3-4-8-19(17)20/h3-13,16,21H,14H2,1-2H3. The summed E-state index contributed by atoms with van der Waals surface area (Å²) in [6.45, 7) is 4.93. The third kappa shape index (κ3) is 3.40. The van der Waals surface area contributed by atoms with Crippen LogP contribution in [0.15, 0.2) is 66.7 Å². The second-order valence-corrected chi connectivity index (χ2v) is 5.65. The van der Waals surface area contributed by atoms with E-state index in [9.17, 15) is 0 Å². The third-order valence-electron chi connectivity index (χ3n) is 3.73. The highest BCUT2D eigenvalue weighted by molar-refractivity contribution is 5.93. The Morgan fingerprint density at radius 2 is 1.64 bits per heavy atom. The van der Waals surface area contributed by atoms with E-state index in [0.29, 0.717) is 0 Å². The summed E-state index contributed by atoms with van der Waals surface area (Å²) in [6, 6.07) is 22.9. The van der Waals surface area contributed by atoms with E-state index in [0.717, 1.165) is 18.0 Å². The largest absolute Gasteiger partial charge is 0.489 e. The van der Waals surface area contributed by atoms with Crippen LogP contribution in [-0.4, -0.2) is 12.6 Å². The molecule has 2 heteroatoms. The number of fused-ring (bicyclic) bond motifs is 1. The van der Waals surface area contributed by atoms with E-state index in [2.05, 4.69) is 73.8 Å². The van der Waals surface area contributed by atoms with Crippen LogP contribution in [0.1, 0.15) is 12.5 Å². The predicted octanol–water partition coefficient (Wildman–Crippen LogP) is 5.03. The summed E-state index contributed by atoms with van der Waals surface area (Å²) < 4.78 is 5.94. The summed E-state index contributed by atoms with van der Waals surface area (Å²) in [5.41, 5.74) is 2.39. The minimum absolute atomic E-state index is 0.0988. The molecule has 0 radical (unpaired) electrons. The van der Waals surface area contributed by atoms with Crippen LogP contribution in [0, 0.1) is 6.92 Å². The summed E-state index contributed by atoms with van der Waals surface area (Å²) in [6.07, 6.45) is 0.0988. The lowest BCUT2D eigenvalue weighted by atomic mass is 10.1. The van der Waals surface area contributed by atoms with Gasteiger partial charge in [-0.15, -0.1) is 0 Å². The van der Waals surface area contributed by atoms with Gasteiger partial charge in [-0.3, -0.25) is 0 Å². The maximum Gasteiger partial charge on any atom is 0.119 e. The first kappa shape index (κ1) is 14.5. The molecular weight excluding hydrogens is 270 g/mol. The molecule has 3 aromatic rings. The molecule has 0 spiro atoms. The molecule has 112 valence electrons. The van der Waals surface area contributed by atoms with Gasteiger partial charge in [0.25, 0.3) is 0 Å². The summed E-state index contributed by atoms with van der Waals surface area (Å²) in [7, 11) is 0. The number of benzene rings is 3. The number of ether oxygens (including phenoxy) is 1. The van der Waals surface area contributed by atoms with Crippen molar-refractivity contribution in [3.05, 3.63) is 72.3 Å². The van der Waals surface area contributed by atoms with E-state index in [1.165, 1.54) is 16.3 Å². The Hall–Kier alpha value is -2.48. The molecule has 1 atom stereocenters. The maximum absolute atomic E-state index is 5.94. The maximum atomic E-state index is 5.94. The van der Waals surface area contributed by atoms with Gasteiger partial charge < -0.3 is 10.1 Å². The first-order valence-corrected chi connectivity index (χ1v) is 7.67. The highest BCUT2D eigenvalue weighted by Crippen LogP contribution is 2.23. The van der Waals surface area contributed by atoms with Crippen molar-refractivity contribution < 1.29 is 4.74 Å². The van der Waals surface area contributed by atoms with Crippen molar-refractivity contribution >= 4 is 16.5 Å². The average molecular weight is 291 g/mol. The molecule has 0 aliphatic rings. The zero-order valence-corrected chi connectivity index (χ0v) is 13.0. The van der Waals surface area contributed by atoms with Crippen LogP contribution in [0.25, 0.3) is 10.8 Å². The molecular formula is C20H21NO. The van der Waals surface area contributed by atoms with Crippen molar-refractivity contribution in [2.24, 2.45) is 0 Å². The van der Waals surface area contributed by atoms with E-state index in [4.69, 9.17) is 4.74 Å². The summed E-state index contributed by atoms with van der Waals surface area (Å²) in [5, 5.41) is 5.99. The lowest BCUT2D eigenvalue weighted by molar-refractivity contribution is 0.235. The van der Waals surface area contributed by atoms with Crippen LogP contribution in [-0.2, 0) is 0 Å². The summed E-state index contributed by atoms with van der Waals surface area (Å²) in [5.74, 6) is 0.915. The van der Waals surface area contributed by atoms with Gasteiger partial charge in [0.1, 0.15) is 11.9 Å². The second kappa shape index (κ2) is 6.52. The molecule has 2 nitrogen and oxygen atoms in total. The Morgan fingerprint density at radius 1 is 0.909 bits per heavy atom. The molecule has 0 saturated carbocycles. The quantitative estimate of drug-likeness (QED) is 0.712. The Balaban J connectivity index is 1.65. The highest BCUT2D eigenvalue weighted by Gasteiger charge is 2.05. The number of anilines is 1. The van der Waals surface area contributed by atoms with Crippen molar-refractivity contribution in [2.75, 3.05) is 11.9 Å². The molecule has 0 heterocycles. The van der Waals surface area contributed by atoms with Gasteiger partial charge >= 0.3 is 0 Å². The number of hydrogen-bond donors (Lipinski definition) is 1. The Bertz CT molecular complexity index is 744. The molecule has 0 saturated heterocycles. The van der Waals surface area contributed by atoms with Crippen LogP contribution in [0.2, 0.25) is 0 Å². The number of nitrogens with one attached hydrogen (secondary N) is 1. The van der Waals surface area contributed by atoms with Crippen LogP contribution in [0.4, 0.5) is 5.69 Å². The minimum atomic E-state index is 0.0988. The molecule has 0 aromatic heterocycles. The zero-order chi connectivity index (χ0) is 15.4. The zero-order valence-electron chi connectivity index (χ0n) is 13.0. The van der Waals surface area contributed by atoms with E-state index in [-0.39, 0.29) is 6.10 Å². The van der Waals surface area contributed by atoms with Crippen LogP contribution in [0.3, 0.4) is 0 Å². The molecule has 0 bridgehead atoms. The van der Waals surface area contributed by atoms with Crippen molar-refractivity contribution in [3.63, 3.8) is 0 Å². The van der Waals surface area contributed by atoms with Crippen LogP contribution in [0.5, 0.6) is 5.75 Å². The van der Waals surface area contributed by atoms with Gasteiger partial charge in [-0.2, -0.15) is 0 Å². The van der Waals surface area contributed by atoms with Crippen LogP contribution < -0.4 is 10.1 Å². The number of aryl methyl sites for hydroxylation is 1. The van der Waals surface area contributed by atoms with Gasteiger partial charge in [-0.25, -0.2) is 0 Å². The Kier molecular flexibility index (Phi) is 4.29. The van der Waals surface area contributed by atoms with Gasteiger partial charge in [0.2, 0.25) is 0 Å². The fraction of sp³-hybridized carbons (Fsp3) is 0.200. The highest BCUT2D eigenvalue weighted by atomic mass is 16.5. The molecule has 1 N–H and O–H groups in total. The minimum Gasteiger partial charge on any atom is -0.489 e. The van der Waals surface area contributed by atoms with Crippen molar-refractivity contribution in [2.45, 2.75) is 20.0 Å². The van der Waals surface area contributed by atoms with Gasteiger partial charge in [0.05, 0.1) is 6.54 Å². The van der Waals surface area contributed by atoms with Crippen molar-refractivity contribution in [3.8, 4) is 5.75 Å². The molecule has 22 heavy (non-hydrogen) atoms.